The standard InChI is InChI=1S/C19H36N2O4/c1-15(2)12-10-8-6-4-3-5-7-9-11-13-18(23)21-16(19(24)25)14-17(20)22/h15-16H,3-14H2,1-2H3,(H2,20,22)(H,21,23)(H,24,25)/t16-/m1/s1. The molecule has 0 unspecified atom stereocenters. The highest BCUT2D eigenvalue weighted by molar-refractivity contribution is 5.88. The number of aliphatic carboxylic acids is 1. The molecule has 2 amide bonds. The summed E-state index contributed by atoms with van der Waals surface area (Å²) in [6.45, 7) is 4.53. The number of nitrogens with two attached hydrogens (primary N) is 1. The highest BCUT2D eigenvalue weighted by atomic mass is 16.4. The van der Waals surface area contributed by atoms with E-state index >= 15 is 0 Å². The topological polar surface area (TPSA) is 109 Å². The van der Waals surface area contributed by atoms with Gasteiger partial charge in [-0.15, -0.1) is 0 Å². The Balaban J connectivity index is 3.53. The lowest BCUT2D eigenvalue weighted by Crippen LogP contribution is -2.43. The van der Waals surface area contributed by atoms with E-state index < -0.39 is 17.9 Å². The van der Waals surface area contributed by atoms with Crippen molar-refractivity contribution in [3.8, 4) is 0 Å². The van der Waals surface area contributed by atoms with Gasteiger partial charge in [0.25, 0.3) is 0 Å². The average molecular weight is 357 g/mol. The molecule has 0 heterocycles. The van der Waals surface area contributed by atoms with Crippen LogP contribution in [0.25, 0.3) is 0 Å². The van der Waals surface area contributed by atoms with Gasteiger partial charge < -0.3 is 16.2 Å². The van der Waals surface area contributed by atoms with Crippen molar-refractivity contribution in [1.82, 2.24) is 5.32 Å². The zero-order chi connectivity index (χ0) is 19.1. The van der Waals surface area contributed by atoms with E-state index in [0.29, 0.717) is 0 Å². The van der Waals surface area contributed by atoms with Gasteiger partial charge in [-0.05, 0) is 12.3 Å². The minimum atomic E-state index is -1.24. The summed E-state index contributed by atoms with van der Waals surface area (Å²) in [5.74, 6) is -1.50. The van der Waals surface area contributed by atoms with Gasteiger partial charge in [-0.2, -0.15) is 0 Å². The van der Waals surface area contributed by atoms with Gasteiger partial charge in [0.1, 0.15) is 6.04 Å². The highest BCUT2D eigenvalue weighted by Gasteiger charge is 2.21. The number of primary amides is 1. The van der Waals surface area contributed by atoms with Crippen molar-refractivity contribution in [2.75, 3.05) is 0 Å². The Labute approximate surface area is 151 Å². The van der Waals surface area contributed by atoms with E-state index in [0.717, 1.165) is 25.2 Å². The van der Waals surface area contributed by atoms with Crippen LogP contribution in [-0.4, -0.2) is 28.9 Å². The number of rotatable bonds is 16. The maximum Gasteiger partial charge on any atom is 0.326 e. The van der Waals surface area contributed by atoms with Gasteiger partial charge in [0, 0.05) is 6.42 Å². The normalized spacial score (nSPS) is 12.1. The Morgan fingerprint density at radius 2 is 1.36 bits per heavy atom. The zero-order valence-corrected chi connectivity index (χ0v) is 15.9. The predicted octanol–water partition coefficient (Wildman–Crippen LogP) is 3.38. The van der Waals surface area contributed by atoms with Gasteiger partial charge in [0.2, 0.25) is 11.8 Å². The van der Waals surface area contributed by atoms with Crippen molar-refractivity contribution in [1.29, 1.82) is 0 Å². The van der Waals surface area contributed by atoms with Crippen LogP contribution in [0.5, 0.6) is 0 Å². The number of hydrogen-bond donors (Lipinski definition) is 3. The molecule has 0 aromatic heterocycles. The van der Waals surface area contributed by atoms with E-state index in [9.17, 15) is 14.4 Å². The SMILES string of the molecule is CC(C)CCCCCCCCCCCC(=O)N[C@H](CC(N)=O)C(=O)O. The quantitative estimate of drug-likeness (QED) is 0.368. The summed E-state index contributed by atoms with van der Waals surface area (Å²) in [4.78, 5) is 33.4. The lowest BCUT2D eigenvalue weighted by molar-refractivity contribution is -0.143. The Morgan fingerprint density at radius 1 is 0.880 bits per heavy atom. The molecule has 1 atom stereocenters. The third kappa shape index (κ3) is 15.7. The molecule has 0 aliphatic heterocycles. The van der Waals surface area contributed by atoms with Crippen LogP contribution in [0.15, 0.2) is 0 Å². The van der Waals surface area contributed by atoms with Gasteiger partial charge in [-0.25, -0.2) is 4.79 Å². The molecule has 25 heavy (non-hydrogen) atoms. The second-order valence-electron chi connectivity index (χ2n) is 7.24. The van der Waals surface area contributed by atoms with Crippen molar-refractivity contribution < 1.29 is 19.5 Å². The van der Waals surface area contributed by atoms with Gasteiger partial charge >= 0.3 is 5.97 Å². The summed E-state index contributed by atoms with van der Waals surface area (Å²) < 4.78 is 0. The maximum absolute atomic E-state index is 11.7. The van der Waals surface area contributed by atoms with Crippen molar-refractivity contribution in [3.05, 3.63) is 0 Å². The molecular formula is C19H36N2O4. The van der Waals surface area contributed by atoms with Crippen LogP contribution < -0.4 is 11.1 Å². The summed E-state index contributed by atoms with van der Waals surface area (Å²) in [6, 6.07) is -1.22. The summed E-state index contributed by atoms with van der Waals surface area (Å²) in [5, 5.41) is 11.3. The minimum absolute atomic E-state index is 0.289. The molecule has 0 saturated carbocycles. The second kappa shape index (κ2) is 14.7. The number of hydrogen-bond acceptors (Lipinski definition) is 3. The lowest BCUT2D eigenvalue weighted by Gasteiger charge is -2.12. The lowest BCUT2D eigenvalue weighted by atomic mass is 10.0. The van der Waals surface area contributed by atoms with Crippen molar-refractivity contribution >= 4 is 17.8 Å². The van der Waals surface area contributed by atoms with Gasteiger partial charge in [0.15, 0.2) is 0 Å². The largest absolute Gasteiger partial charge is 0.480 e. The Bertz CT molecular complexity index is 397. The van der Waals surface area contributed by atoms with Crippen LogP contribution in [0.2, 0.25) is 0 Å². The molecule has 0 radical (unpaired) electrons. The van der Waals surface area contributed by atoms with Crippen LogP contribution in [0.3, 0.4) is 0 Å². The van der Waals surface area contributed by atoms with E-state index in [2.05, 4.69) is 19.2 Å². The molecule has 6 nitrogen and oxygen atoms in total. The molecule has 0 aliphatic carbocycles. The van der Waals surface area contributed by atoms with Crippen LogP contribution in [0, 0.1) is 5.92 Å². The molecule has 6 heteroatoms. The molecule has 4 N–H and O–H groups in total. The zero-order valence-electron chi connectivity index (χ0n) is 15.9. The van der Waals surface area contributed by atoms with Gasteiger partial charge in [-0.3, -0.25) is 9.59 Å². The van der Waals surface area contributed by atoms with Crippen LogP contribution in [-0.2, 0) is 14.4 Å². The Morgan fingerprint density at radius 3 is 1.80 bits per heavy atom. The number of amides is 2. The first-order valence-electron chi connectivity index (χ1n) is 9.63. The molecule has 0 rings (SSSR count). The molecular weight excluding hydrogens is 320 g/mol. The third-order valence-corrected chi connectivity index (χ3v) is 4.22. The van der Waals surface area contributed by atoms with Crippen molar-refractivity contribution in [3.63, 3.8) is 0 Å². The molecule has 0 aliphatic rings. The van der Waals surface area contributed by atoms with Gasteiger partial charge in [0.05, 0.1) is 6.42 Å². The molecule has 0 aromatic carbocycles. The van der Waals surface area contributed by atoms with Crippen molar-refractivity contribution in [2.45, 2.75) is 96.9 Å². The number of carbonyl (C=O) groups excluding carboxylic acids is 2. The molecule has 0 fully saturated rings. The van der Waals surface area contributed by atoms with Crippen LogP contribution in [0.1, 0.15) is 90.9 Å². The van der Waals surface area contributed by atoms with E-state index in [1.54, 1.807) is 0 Å². The second-order valence-corrected chi connectivity index (χ2v) is 7.24. The number of unbranched alkanes of at least 4 members (excludes halogenated alkanes) is 8. The smallest absolute Gasteiger partial charge is 0.326 e. The van der Waals surface area contributed by atoms with E-state index in [-0.39, 0.29) is 18.7 Å². The van der Waals surface area contributed by atoms with E-state index in [1.807, 2.05) is 0 Å². The molecule has 146 valence electrons. The third-order valence-electron chi connectivity index (χ3n) is 4.22. The minimum Gasteiger partial charge on any atom is -0.480 e. The fourth-order valence-corrected chi connectivity index (χ4v) is 2.74. The monoisotopic (exact) mass is 356 g/mol. The van der Waals surface area contributed by atoms with Crippen LogP contribution in [0.4, 0.5) is 0 Å². The van der Waals surface area contributed by atoms with Gasteiger partial charge in [-0.1, -0.05) is 71.6 Å². The van der Waals surface area contributed by atoms with Crippen molar-refractivity contribution in [2.24, 2.45) is 11.7 Å². The molecule has 0 aromatic rings. The fraction of sp³-hybridized carbons (Fsp3) is 0.842. The predicted molar refractivity (Wildman–Crippen MR) is 99.0 cm³/mol. The fourth-order valence-electron chi connectivity index (χ4n) is 2.74. The summed E-state index contributed by atoms with van der Waals surface area (Å²) in [5.41, 5.74) is 4.97. The number of carboxylic acid groups (broad SMARTS) is 1. The first-order valence-corrected chi connectivity index (χ1v) is 9.63. The van der Waals surface area contributed by atoms with Crippen LogP contribution >= 0.6 is 0 Å². The summed E-state index contributed by atoms with van der Waals surface area (Å²) >= 11 is 0. The number of carboxylic acids is 1. The Kier molecular flexibility index (Phi) is 13.8. The van der Waals surface area contributed by atoms with E-state index in [4.69, 9.17) is 10.8 Å². The average Bonchev–Trinajstić information content (AvgIpc) is 2.51. The first-order chi connectivity index (χ1) is 11.8. The molecule has 0 saturated heterocycles. The summed E-state index contributed by atoms with van der Waals surface area (Å²) in [7, 11) is 0. The number of carbonyl (C=O) groups is 3. The maximum atomic E-state index is 11.7. The molecule has 0 spiro atoms. The first kappa shape index (κ1) is 23.4. The highest BCUT2D eigenvalue weighted by Crippen LogP contribution is 2.13. The molecule has 0 bridgehead atoms. The Hall–Kier alpha value is -1.59. The van der Waals surface area contributed by atoms with E-state index in [1.165, 1.54) is 44.9 Å². The number of nitrogens with one attached hydrogen (secondary N) is 1. The summed E-state index contributed by atoms with van der Waals surface area (Å²) in [6.07, 6.45) is 11.7.